The molecule has 41 heavy (non-hydrogen) atoms. The highest BCUT2D eigenvalue weighted by Crippen LogP contribution is 2.48. The molecule has 2 aliphatic carbocycles. The van der Waals surface area contributed by atoms with Gasteiger partial charge in [0.1, 0.15) is 23.8 Å². The third-order valence-electron chi connectivity index (χ3n) is 9.59. The van der Waals surface area contributed by atoms with Crippen molar-refractivity contribution in [2.45, 2.75) is 76.2 Å². The molecule has 5 rings (SSSR count). The maximum absolute atomic E-state index is 14.1. The number of esters is 1. The number of nitrogens with zero attached hydrogens (tertiary/aromatic N) is 3. The zero-order valence-corrected chi connectivity index (χ0v) is 25.4. The fourth-order valence-electron chi connectivity index (χ4n) is 7.71. The Labute approximate surface area is 244 Å². The predicted octanol–water partition coefficient (Wildman–Crippen LogP) is 6.62. The lowest BCUT2D eigenvalue weighted by atomic mass is 9.65. The number of aromatic nitrogens is 2. The van der Waals surface area contributed by atoms with Crippen molar-refractivity contribution in [1.82, 2.24) is 14.5 Å². The Morgan fingerprint density at radius 2 is 1.93 bits per heavy atom. The predicted molar refractivity (Wildman–Crippen MR) is 161 cm³/mol. The van der Waals surface area contributed by atoms with Crippen LogP contribution < -0.4 is 0 Å². The van der Waals surface area contributed by atoms with Gasteiger partial charge in [0.15, 0.2) is 0 Å². The first-order valence-corrected chi connectivity index (χ1v) is 15.3. The maximum atomic E-state index is 14.1. The Morgan fingerprint density at radius 1 is 1.17 bits per heavy atom. The Balaban J connectivity index is 1.24. The average molecular weight is 564 g/mol. The van der Waals surface area contributed by atoms with Crippen LogP contribution in [0.3, 0.4) is 0 Å². The lowest BCUT2D eigenvalue weighted by molar-refractivity contribution is -0.172. The molecule has 0 N–H and O–H groups in total. The molecule has 6 nitrogen and oxygen atoms in total. The van der Waals surface area contributed by atoms with Gasteiger partial charge in [-0.1, -0.05) is 32.0 Å². The van der Waals surface area contributed by atoms with Crippen LogP contribution in [0.25, 0.3) is 11.0 Å². The van der Waals surface area contributed by atoms with Crippen LogP contribution in [0.5, 0.6) is 0 Å². The first kappa shape index (κ1) is 29.7. The van der Waals surface area contributed by atoms with Gasteiger partial charge in [0.2, 0.25) is 0 Å². The molecule has 222 valence electrons. The van der Waals surface area contributed by atoms with Crippen molar-refractivity contribution < 1.29 is 18.7 Å². The summed E-state index contributed by atoms with van der Waals surface area (Å²) in [7, 11) is 5.86. The molecule has 0 aliphatic heterocycles. The second-order valence-electron chi connectivity index (χ2n) is 12.8. The zero-order valence-electron chi connectivity index (χ0n) is 25.4. The van der Waals surface area contributed by atoms with Gasteiger partial charge < -0.3 is 18.9 Å². The Morgan fingerprint density at radius 3 is 2.63 bits per heavy atom. The number of hydrogen-bond donors (Lipinski definition) is 0. The molecule has 0 amide bonds. The standard InChI is InChI=1S/C34H46FN3O3/c1-23(2)32-28-15-14-27(35)20-26(28)16-17-34(32,41-31(39)22-40-5)18-19-37(3)21-24-10-12-25(13-11-24)33-36-29-8-6-7-9-30(29)38(33)4/h6-9,14-15,20,23-25,32H,10-13,16-19,21-22H2,1-5H3/t24-,25-,32-,34-/m0/s1. The van der Waals surface area contributed by atoms with Crippen molar-refractivity contribution in [2.75, 3.05) is 33.9 Å². The van der Waals surface area contributed by atoms with Crippen molar-refractivity contribution in [2.24, 2.45) is 18.9 Å². The molecule has 7 heteroatoms. The van der Waals surface area contributed by atoms with E-state index in [4.69, 9.17) is 14.5 Å². The van der Waals surface area contributed by atoms with Crippen LogP contribution in [0.15, 0.2) is 42.5 Å². The third-order valence-corrected chi connectivity index (χ3v) is 9.59. The molecule has 2 atom stereocenters. The van der Waals surface area contributed by atoms with E-state index in [1.54, 1.807) is 6.07 Å². The monoisotopic (exact) mass is 563 g/mol. The normalized spacial score (nSPS) is 24.6. The summed E-state index contributed by atoms with van der Waals surface area (Å²) in [6.45, 7) is 6.16. The van der Waals surface area contributed by atoms with Crippen molar-refractivity contribution in [3.8, 4) is 0 Å². The van der Waals surface area contributed by atoms with Gasteiger partial charge in [-0.3, -0.25) is 0 Å². The summed E-state index contributed by atoms with van der Waals surface area (Å²) in [5.74, 6) is 2.08. The molecule has 1 saturated carbocycles. The number of fused-ring (bicyclic) bond motifs is 2. The van der Waals surface area contributed by atoms with E-state index in [9.17, 15) is 9.18 Å². The third kappa shape index (κ3) is 6.36. The molecule has 1 heterocycles. The topological polar surface area (TPSA) is 56.6 Å². The molecule has 0 radical (unpaired) electrons. The van der Waals surface area contributed by atoms with Crippen LogP contribution in [0.4, 0.5) is 4.39 Å². The number of imidazole rings is 1. The van der Waals surface area contributed by atoms with Gasteiger partial charge >= 0.3 is 5.97 Å². The second-order valence-corrected chi connectivity index (χ2v) is 12.8. The summed E-state index contributed by atoms with van der Waals surface area (Å²) in [5, 5.41) is 0. The molecule has 0 bridgehead atoms. The Hall–Kier alpha value is -2.77. The highest BCUT2D eigenvalue weighted by Gasteiger charge is 2.47. The van der Waals surface area contributed by atoms with Gasteiger partial charge in [-0.25, -0.2) is 14.2 Å². The highest BCUT2D eigenvalue weighted by molar-refractivity contribution is 5.76. The van der Waals surface area contributed by atoms with E-state index in [2.05, 4.69) is 61.7 Å². The number of ether oxygens (including phenoxy) is 2. The van der Waals surface area contributed by atoms with Crippen molar-refractivity contribution in [1.29, 1.82) is 0 Å². The maximum Gasteiger partial charge on any atom is 0.332 e. The summed E-state index contributed by atoms with van der Waals surface area (Å²) in [6.07, 6.45) is 6.85. The summed E-state index contributed by atoms with van der Waals surface area (Å²) in [4.78, 5) is 20.2. The fourth-order valence-corrected chi connectivity index (χ4v) is 7.71. The van der Waals surface area contributed by atoms with Crippen LogP contribution in [-0.4, -0.2) is 59.9 Å². The van der Waals surface area contributed by atoms with Crippen LogP contribution >= 0.6 is 0 Å². The summed E-state index contributed by atoms with van der Waals surface area (Å²) in [5.41, 5.74) is 3.80. The number of carbonyl (C=O) groups excluding carboxylic acids is 1. The minimum absolute atomic E-state index is 0.00444. The smallest absolute Gasteiger partial charge is 0.332 e. The lowest BCUT2D eigenvalue weighted by Gasteiger charge is -2.47. The minimum atomic E-state index is -0.638. The molecule has 1 aromatic heterocycles. The lowest BCUT2D eigenvalue weighted by Crippen LogP contribution is -2.49. The van der Waals surface area contributed by atoms with Gasteiger partial charge in [0, 0.05) is 45.5 Å². The minimum Gasteiger partial charge on any atom is -0.457 e. The molecule has 0 spiro atoms. The first-order valence-electron chi connectivity index (χ1n) is 15.3. The van der Waals surface area contributed by atoms with Gasteiger partial charge in [-0.05, 0) is 92.8 Å². The van der Waals surface area contributed by atoms with E-state index in [1.165, 1.54) is 37.4 Å². The fraction of sp³-hybridized carbons (Fsp3) is 0.588. The number of aryl methyl sites for hydroxylation is 2. The van der Waals surface area contributed by atoms with Crippen LogP contribution in [0.2, 0.25) is 0 Å². The van der Waals surface area contributed by atoms with Crippen molar-refractivity contribution in [3.05, 3.63) is 65.2 Å². The number of halogens is 1. The van der Waals surface area contributed by atoms with Crippen molar-refractivity contribution in [3.63, 3.8) is 0 Å². The largest absolute Gasteiger partial charge is 0.457 e. The Bertz CT molecular complexity index is 1350. The first-order chi connectivity index (χ1) is 19.7. The van der Waals surface area contributed by atoms with Crippen LogP contribution in [-0.2, 0) is 27.7 Å². The van der Waals surface area contributed by atoms with Gasteiger partial charge in [0.25, 0.3) is 0 Å². The molecule has 0 unspecified atom stereocenters. The number of rotatable bonds is 10. The summed E-state index contributed by atoms with van der Waals surface area (Å²) >= 11 is 0. The number of methoxy groups -OCH3 is 1. The number of hydrogen-bond acceptors (Lipinski definition) is 5. The van der Waals surface area contributed by atoms with E-state index in [-0.39, 0.29) is 30.2 Å². The average Bonchev–Trinajstić information content (AvgIpc) is 3.28. The van der Waals surface area contributed by atoms with Crippen LogP contribution in [0, 0.1) is 17.7 Å². The molecule has 1 fully saturated rings. The van der Waals surface area contributed by atoms with E-state index in [0.717, 1.165) is 49.0 Å². The number of para-hydroxylation sites is 2. The molecule has 3 aromatic rings. The number of benzene rings is 2. The van der Waals surface area contributed by atoms with Crippen molar-refractivity contribution >= 4 is 17.0 Å². The van der Waals surface area contributed by atoms with Gasteiger partial charge in [-0.2, -0.15) is 0 Å². The number of carbonyl (C=O) groups is 1. The summed E-state index contributed by atoms with van der Waals surface area (Å²) < 4.78 is 27.8. The Kier molecular flexibility index (Phi) is 9.15. The molecule has 0 saturated heterocycles. The van der Waals surface area contributed by atoms with Crippen LogP contribution in [0.1, 0.15) is 81.2 Å². The van der Waals surface area contributed by atoms with Gasteiger partial charge in [-0.15, -0.1) is 0 Å². The molecular weight excluding hydrogens is 517 g/mol. The van der Waals surface area contributed by atoms with E-state index < -0.39 is 5.60 Å². The summed E-state index contributed by atoms with van der Waals surface area (Å²) in [6, 6.07) is 13.5. The SMILES string of the molecule is COCC(=O)O[C@]1(CCN(C)C[C@H]2CC[C@H](c3nc4ccccc4n3C)CC2)CCc2cc(F)ccc2[C@@H]1C(C)C. The quantitative estimate of drug-likeness (QED) is 0.260. The zero-order chi connectivity index (χ0) is 29.1. The molecule has 2 aromatic carbocycles. The molecule has 2 aliphatic rings. The van der Waals surface area contributed by atoms with E-state index in [1.807, 2.05) is 6.07 Å². The van der Waals surface area contributed by atoms with Gasteiger partial charge in [0.05, 0.1) is 11.0 Å². The van der Waals surface area contributed by atoms with E-state index >= 15 is 0 Å². The molecular formula is C34H46FN3O3. The highest BCUT2D eigenvalue weighted by atomic mass is 19.1. The second kappa shape index (κ2) is 12.6. The van der Waals surface area contributed by atoms with E-state index in [0.29, 0.717) is 24.7 Å².